The Hall–Kier alpha value is -0.990. The van der Waals surface area contributed by atoms with Crippen LogP contribution in [-0.4, -0.2) is 19.2 Å². The zero-order valence-electron chi connectivity index (χ0n) is 13.2. The predicted molar refractivity (Wildman–Crippen MR) is 88.1 cm³/mol. The molecule has 0 aromatic heterocycles. The molecule has 0 atom stereocenters. The molecule has 1 aromatic carbocycles. The van der Waals surface area contributed by atoms with Gasteiger partial charge in [-0.05, 0) is 41.7 Å². The molecule has 0 heterocycles. The van der Waals surface area contributed by atoms with Crippen LogP contribution in [0.2, 0.25) is 5.02 Å². The molecule has 2 nitrogen and oxygen atoms in total. The Kier molecular flexibility index (Phi) is 6.57. The third kappa shape index (κ3) is 5.18. The van der Waals surface area contributed by atoms with Gasteiger partial charge in [0.1, 0.15) is 12.4 Å². The Morgan fingerprint density at radius 1 is 1.30 bits per heavy atom. The topological polar surface area (TPSA) is 21.3 Å². The Balaban J connectivity index is 2.68. The van der Waals surface area contributed by atoms with Crippen LogP contribution in [0.3, 0.4) is 0 Å². The quantitative estimate of drug-likeness (QED) is 0.736. The van der Waals surface area contributed by atoms with Crippen LogP contribution >= 0.6 is 11.6 Å². The standard InChI is InChI=1S/C17H26ClNO/c1-11(2)15-8-17(14(6)7-16(15)18)20-10-13(5)9-19-12(3)4/h7-8,11-12,19H,5,9-10H2,1-4,6H3. The highest BCUT2D eigenvalue weighted by atomic mass is 35.5. The van der Waals surface area contributed by atoms with E-state index in [1.165, 1.54) is 0 Å². The molecule has 0 saturated carbocycles. The molecule has 0 fully saturated rings. The van der Waals surface area contributed by atoms with E-state index in [9.17, 15) is 0 Å². The molecule has 0 spiro atoms. The van der Waals surface area contributed by atoms with Crippen molar-refractivity contribution in [2.24, 2.45) is 0 Å². The Labute approximate surface area is 128 Å². The fourth-order valence-corrected chi connectivity index (χ4v) is 2.28. The highest BCUT2D eigenvalue weighted by Gasteiger charge is 2.10. The van der Waals surface area contributed by atoms with Crippen molar-refractivity contribution in [2.75, 3.05) is 13.2 Å². The van der Waals surface area contributed by atoms with E-state index in [-0.39, 0.29) is 0 Å². The van der Waals surface area contributed by atoms with Crippen molar-refractivity contribution in [2.45, 2.75) is 46.6 Å². The average Bonchev–Trinajstić information content (AvgIpc) is 2.34. The summed E-state index contributed by atoms with van der Waals surface area (Å²) >= 11 is 6.26. The van der Waals surface area contributed by atoms with E-state index in [4.69, 9.17) is 16.3 Å². The maximum absolute atomic E-state index is 6.26. The SMILES string of the molecule is C=C(CNC(C)C)COc1cc(C(C)C)c(Cl)cc1C. The lowest BCUT2D eigenvalue weighted by Crippen LogP contribution is -2.26. The van der Waals surface area contributed by atoms with Crippen molar-refractivity contribution in [1.29, 1.82) is 0 Å². The zero-order valence-corrected chi connectivity index (χ0v) is 14.0. The zero-order chi connectivity index (χ0) is 15.3. The minimum absolute atomic E-state index is 0.385. The smallest absolute Gasteiger partial charge is 0.123 e. The van der Waals surface area contributed by atoms with E-state index in [0.717, 1.165) is 34.0 Å². The summed E-state index contributed by atoms with van der Waals surface area (Å²) in [6, 6.07) is 4.48. The summed E-state index contributed by atoms with van der Waals surface area (Å²) in [5, 5.41) is 4.14. The minimum atomic E-state index is 0.385. The first-order chi connectivity index (χ1) is 9.31. The second-order valence-corrected chi connectivity index (χ2v) is 6.28. The monoisotopic (exact) mass is 295 g/mol. The van der Waals surface area contributed by atoms with Gasteiger partial charge in [0.15, 0.2) is 0 Å². The van der Waals surface area contributed by atoms with Crippen LogP contribution in [0.25, 0.3) is 0 Å². The fraction of sp³-hybridized carbons (Fsp3) is 0.529. The molecular formula is C17H26ClNO. The first-order valence-electron chi connectivity index (χ1n) is 7.14. The van der Waals surface area contributed by atoms with Crippen molar-refractivity contribution in [1.82, 2.24) is 5.32 Å². The van der Waals surface area contributed by atoms with E-state index in [0.29, 0.717) is 18.6 Å². The number of ether oxygens (including phenoxy) is 1. The molecule has 0 aliphatic heterocycles. The number of halogens is 1. The van der Waals surface area contributed by atoms with Crippen LogP contribution < -0.4 is 10.1 Å². The van der Waals surface area contributed by atoms with Crippen molar-refractivity contribution >= 4 is 11.6 Å². The Morgan fingerprint density at radius 3 is 2.50 bits per heavy atom. The molecule has 1 aromatic rings. The molecule has 0 aliphatic rings. The van der Waals surface area contributed by atoms with Crippen LogP contribution in [0.4, 0.5) is 0 Å². The largest absolute Gasteiger partial charge is 0.489 e. The van der Waals surface area contributed by atoms with Crippen LogP contribution in [0.1, 0.15) is 44.7 Å². The predicted octanol–water partition coefficient (Wildman–Crippen LogP) is 4.70. The second-order valence-electron chi connectivity index (χ2n) is 5.87. The number of nitrogens with one attached hydrogen (secondary N) is 1. The summed E-state index contributed by atoms with van der Waals surface area (Å²) < 4.78 is 5.88. The number of aryl methyl sites for hydroxylation is 1. The molecule has 0 radical (unpaired) electrons. The van der Waals surface area contributed by atoms with E-state index < -0.39 is 0 Å². The van der Waals surface area contributed by atoms with Gasteiger partial charge in [-0.25, -0.2) is 0 Å². The van der Waals surface area contributed by atoms with E-state index in [2.05, 4.69) is 39.6 Å². The summed E-state index contributed by atoms with van der Waals surface area (Å²) in [6.07, 6.45) is 0. The number of benzene rings is 1. The van der Waals surface area contributed by atoms with Crippen molar-refractivity contribution in [3.8, 4) is 5.75 Å². The molecular weight excluding hydrogens is 270 g/mol. The van der Waals surface area contributed by atoms with Crippen LogP contribution in [-0.2, 0) is 0 Å². The van der Waals surface area contributed by atoms with Crippen LogP contribution in [0.5, 0.6) is 5.75 Å². The molecule has 0 saturated heterocycles. The van der Waals surface area contributed by atoms with Crippen molar-refractivity contribution < 1.29 is 4.74 Å². The normalized spacial score (nSPS) is 11.2. The fourth-order valence-electron chi connectivity index (χ4n) is 1.85. The van der Waals surface area contributed by atoms with Gasteiger partial charge in [0, 0.05) is 17.6 Å². The molecule has 0 bridgehead atoms. The van der Waals surface area contributed by atoms with E-state index in [1.807, 2.05) is 19.1 Å². The third-order valence-corrected chi connectivity index (χ3v) is 3.44. The molecule has 112 valence electrons. The van der Waals surface area contributed by atoms with Gasteiger partial charge in [0.25, 0.3) is 0 Å². The molecule has 1 N–H and O–H groups in total. The number of rotatable bonds is 7. The first kappa shape index (κ1) is 17.1. The average molecular weight is 296 g/mol. The van der Waals surface area contributed by atoms with Crippen LogP contribution in [0, 0.1) is 6.92 Å². The number of hydrogen-bond acceptors (Lipinski definition) is 2. The van der Waals surface area contributed by atoms with Gasteiger partial charge in [-0.2, -0.15) is 0 Å². The van der Waals surface area contributed by atoms with Gasteiger partial charge >= 0.3 is 0 Å². The molecule has 20 heavy (non-hydrogen) atoms. The van der Waals surface area contributed by atoms with Gasteiger partial charge in [-0.3, -0.25) is 0 Å². The summed E-state index contributed by atoms with van der Waals surface area (Å²) in [5.74, 6) is 1.28. The van der Waals surface area contributed by atoms with Gasteiger partial charge in [-0.15, -0.1) is 0 Å². The molecule has 0 unspecified atom stereocenters. The van der Waals surface area contributed by atoms with Gasteiger partial charge in [0.05, 0.1) is 0 Å². The first-order valence-corrected chi connectivity index (χ1v) is 7.52. The Bertz CT molecular complexity index is 466. The molecule has 0 aliphatic carbocycles. The highest BCUT2D eigenvalue weighted by molar-refractivity contribution is 6.31. The summed E-state index contributed by atoms with van der Waals surface area (Å²) in [6.45, 7) is 15.9. The van der Waals surface area contributed by atoms with Gasteiger partial charge in [-0.1, -0.05) is 45.9 Å². The summed E-state index contributed by atoms with van der Waals surface area (Å²) in [5.41, 5.74) is 3.22. The lowest BCUT2D eigenvalue weighted by atomic mass is 10.0. The highest BCUT2D eigenvalue weighted by Crippen LogP contribution is 2.31. The minimum Gasteiger partial charge on any atom is -0.489 e. The Morgan fingerprint density at radius 2 is 1.95 bits per heavy atom. The summed E-state index contributed by atoms with van der Waals surface area (Å²) in [7, 11) is 0. The van der Waals surface area contributed by atoms with Crippen LogP contribution in [0.15, 0.2) is 24.3 Å². The third-order valence-electron chi connectivity index (χ3n) is 3.11. The maximum atomic E-state index is 6.26. The molecule has 1 rings (SSSR count). The molecule has 0 amide bonds. The second kappa shape index (κ2) is 7.70. The van der Waals surface area contributed by atoms with Gasteiger partial charge < -0.3 is 10.1 Å². The van der Waals surface area contributed by atoms with E-state index >= 15 is 0 Å². The van der Waals surface area contributed by atoms with Crippen molar-refractivity contribution in [3.05, 3.63) is 40.4 Å². The van der Waals surface area contributed by atoms with Gasteiger partial charge in [0.2, 0.25) is 0 Å². The van der Waals surface area contributed by atoms with Crippen molar-refractivity contribution in [3.63, 3.8) is 0 Å². The van der Waals surface area contributed by atoms with E-state index in [1.54, 1.807) is 0 Å². The maximum Gasteiger partial charge on any atom is 0.123 e. The lowest BCUT2D eigenvalue weighted by Gasteiger charge is -2.16. The lowest BCUT2D eigenvalue weighted by molar-refractivity contribution is 0.344. The summed E-state index contributed by atoms with van der Waals surface area (Å²) in [4.78, 5) is 0. The number of hydrogen-bond donors (Lipinski definition) is 1. The molecule has 3 heteroatoms.